The Morgan fingerprint density at radius 2 is 2.00 bits per heavy atom. The van der Waals surface area contributed by atoms with Gasteiger partial charge in [-0.1, -0.05) is 12.1 Å². The van der Waals surface area contributed by atoms with Crippen LogP contribution in [0.1, 0.15) is 15.9 Å². The van der Waals surface area contributed by atoms with E-state index in [-0.39, 0.29) is 0 Å². The Bertz CT molecular complexity index is 332. The molecule has 0 aliphatic rings. The Balaban J connectivity index is 3.34. The summed E-state index contributed by atoms with van der Waals surface area (Å²) in [6, 6.07) is 5.46. The topological polar surface area (TPSA) is 40.5 Å². The molecule has 0 saturated heterocycles. The lowest BCUT2D eigenvalue weighted by Crippen LogP contribution is -2.14. The molecule has 1 aromatic rings. The second-order valence-corrected chi connectivity index (χ2v) is 3.17. The minimum atomic E-state index is -0.873. The number of rotatable bonds is 2. The molecule has 0 fully saturated rings. The first-order chi connectivity index (χ1) is 6.04. The van der Waals surface area contributed by atoms with Crippen molar-refractivity contribution in [2.24, 2.45) is 0 Å². The van der Waals surface area contributed by atoms with Crippen molar-refractivity contribution in [3.63, 3.8) is 0 Å². The largest absolute Gasteiger partial charge is 0.478 e. The van der Waals surface area contributed by atoms with Crippen molar-refractivity contribution in [1.82, 2.24) is 0 Å². The van der Waals surface area contributed by atoms with Gasteiger partial charge in [-0.05, 0) is 18.6 Å². The smallest absolute Gasteiger partial charge is 0.338 e. The standard InChI is InChI=1S/C10H13NO2/c1-7-5-4-6-8(11(2)3)9(7)10(12)13/h4-6H,1-3H3,(H,12,13). The van der Waals surface area contributed by atoms with E-state index in [2.05, 4.69) is 0 Å². The summed E-state index contributed by atoms with van der Waals surface area (Å²) in [4.78, 5) is 12.7. The Labute approximate surface area is 77.6 Å². The van der Waals surface area contributed by atoms with Crippen LogP contribution >= 0.6 is 0 Å². The normalized spacial score (nSPS) is 9.77. The molecule has 13 heavy (non-hydrogen) atoms. The predicted octanol–water partition coefficient (Wildman–Crippen LogP) is 1.76. The van der Waals surface area contributed by atoms with Gasteiger partial charge in [0.15, 0.2) is 0 Å². The van der Waals surface area contributed by atoms with Crippen molar-refractivity contribution >= 4 is 11.7 Å². The lowest BCUT2D eigenvalue weighted by Gasteiger charge is -2.16. The van der Waals surface area contributed by atoms with Gasteiger partial charge in [0.1, 0.15) is 0 Å². The van der Waals surface area contributed by atoms with Crippen LogP contribution in [0.2, 0.25) is 0 Å². The molecule has 0 aromatic heterocycles. The molecule has 0 aliphatic carbocycles. The van der Waals surface area contributed by atoms with Crippen molar-refractivity contribution in [1.29, 1.82) is 0 Å². The third-order valence-corrected chi connectivity index (χ3v) is 1.95. The number of nitrogens with zero attached hydrogens (tertiary/aromatic N) is 1. The SMILES string of the molecule is Cc1cccc(N(C)C)c1C(=O)O. The molecule has 70 valence electrons. The van der Waals surface area contributed by atoms with Gasteiger partial charge in [0.25, 0.3) is 0 Å². The van der Waals surface area contributed by atoms with Gasteiger partial charge in [0.05, 0.1) is 11.3 Å². The summed E-state index contributed by atoms with van der Waals surface area (Å²) in [5, 5.41) is 8.97. The van der Waals surface area contributed by atoms with E-state index >= 15 is 0 Å². The van der Waals surface area contributed by atoms with Crippen LogP contribution in [0, 0.1) is 6.92 Å². The average molecular weight is 179 g/mol. The van der Waals surface area contributed by atoms with Gasteiger partial charge in [-0.2, -0.15) is 0 Å². The highest BCUT2D eigenvalue weighted by Gasteiger charge is 2.13. The summed E-state index contributed by atoms with van der Waals surface area (Å²) in [6.07, 6.45) is 0. The minimum Gasteiger partial charge on any atom is -0.478 e. The summed E-state index contributed by atoms with van der Waals surface area (Å²) in [6.45, 7) is 1.80. The van der Waals surface area contributed by atoms with E-state index in [9.17, 15) is 4.79 Å². The number of hydrogen-bond donors (Lipinski definition) is 1. The second kappa shape index (κ2) is 3.47. The van der Waals surface area contributed by atoms with E-state index in [1.165, 1.54) is 0 Å². The Hall–Kier alpha value is -1.51. The van der Waals surface area contributed by atoms with E-state index in [0.29, 0.717) is 5.56 Å². The van der Waals surface area contributed by atoms with Gasteiger partial charge in [-0.3, -0.25) is 0 Å². The van der Waals surface area contributed by atoms with Gasteiger partial charge >= 0.3 is 5.97 Å². The van der Waals surface area contributed by atoms with Crippen LogP contribution in [0.4, 0.5) is 5.69 Å². The zero-order chi connectivity index (χ0) is 10.0. The number of hydrogen-bond acceptors (Lipinski definition) is 2. The van der Waals surface area contributed by atoms with Crippen molar-refractivity contribution in [3.8, 4) is 0 Å². The fourth-order valence-electron chi connectivity index (χ4n) is 1.30. The molecule has 3 nitrogen and oxygen atoms in total. The molecule has 1 N–H and O–H groups in total. The van der Waals surface area contributed by atoms with E-state index in [4.69, 9.17) is 5.11 Å². The fourth-order valence-corrected chi connectivity index (χ4v) is 1.30. The number of anilines is 1. The summed E-state index contributed by atoms with van der Waals surface area (Å²) >= 11 is 0. The molecule has 0 aliphatic heterocycles. The summed E-state index contributed by atoms with van der Waals surface area (Å²) in [7, 11) is 3.67. The molecule has 0 unspecified atom stereocenters. The van der Waals surface area contributed by atoms with Gasteiger partial charge in [0, 0.05) is 14.1 Å². The number of benzene rings is 1. The number of aryl methyl sites for hydroxylation is 1. The van der Waals surface area contributed by atoms with Crippen molar-refractivity contribution < 1.29 is 9.90 Å². The highest BCUT2D eigenvalue weighted by Crippen LogP contribution is 2.21. The first-order valence-electron chi connectivity index (χ1n) is 4.04. The van der Waals surface area contributed by atoms with Gasteiger partial charge in [-0.25, -0.2) is 4.79 Å². The molecule has 3 heteroatoms. The molecular weight excluding hydrogens is 166 g/mol. The number of carbonyl (C=O) groups is 1. The zero-order valence-electron chi connectivity index (χ0n) is 8.03. The Morgan fingerprint density at radius 3 is 2.38 bits per heavy atom. The van der Waals surface area contributed by atoms with Gasteiger partial charge < -0.3 is 10.0 Å². The number of carboxylic acid groups (broad SMARTS) is 1. The first-order valence-corrected chi connectivity index (χ1v) is 4.04. The van der Waals surface area contributed by atoms with E-state index < -0.39 is 5.97 Å². The Morgan fingerprint density at radius 1 is 1.38 bits per heavy atom. The molecule has 1 aromatic carbocycles. The van der Waals surface area contributed by atoms with E-state index in [1.807, 2.05) is 20.2 Å². The molecular formula is C10H13NO2. The van der Waals surface area contributed by atoms with Crippen LogP contribution in [-0.4, -0.2) is 25.2 Å². The predicted molar refractivity (Wildman–Crippen MR) is 52.5 cm³/mol. The molecule has 1 rings (SSSR count). The molecule has 0 radical (unpaired) electrons. The first kappa shape index (κ1) is 9.58. The molecule has 0 bridgehead atoms. The number of aromatic carboxylic acids is 1. The molecule has 0 spiro atoms. The molecule has 0 amide bonds. The van der Waals surface area contributed by atoms with Crippen LogP contribution in [-0.2, 0) is 0 Å². The lowest BCUT2D eigenvalue weighted by atomic mass is 10.1. The molecule has 0 atom stereocenters. The van der Waals surface area contributed by atoms with Crippen molar-refractivity contribution in [3.05, 3.63) is 29.3 Å². The van der Waals surface area contributed by atoms with Gasteiger partial charge in [0.2, 0.25) is 0 Å². The highest BCUT2D eigenvalue weighted by molar-refractivity contribution is 5.96. The lowest BCUT2D eigenvalue weighted by molar-refractivity contribution is 0.0697. The van der Waals surface area contributed by atoms with Crippen LogP contribution in [0.15, 0.2) is 18.2 Å². The summed E-state index contributed by atoms with van der Waals surface area (Å²) in [5.41, 5.74) is 1.92. The Kier molecular flexibility index (Phi) is 2.56. The van der Waals surface area contributed by atoms with Crippen LogP contribution in [0.5, 0.6) is 0 Å². The molecule has 0 heterocycles. The maximum absolute atomic E-state index is 10.9. The monoisotopic (exact) mass is 179 g/mol. The zero-order valence-corrected chi connectivity index (χ0v) is 8.03. The summed E-state index contributed by atoms with van der Waals surface area (Å²) < 4.78 is 0. The molecule has 0 saturated carbocycles. The van der Waals surface area contributed by atoms with Crippen LogP contribution in [0.25, 0.3) is 0 Å². The van der Waals surface area contributed by atoms with Crippen molar-refractivity contribution in [2.45, 2.75) is 6.92 Å². The fraction of sp³-hybridized carbons (Fsp3) is 0.300. The third kappa shape index (κ3) is 1.80. The van der Waals surface area contributed by atoms with Gasteiger partial charge in [-0.15, -0.1) is 0 Å². The number of carboxylic acids is 1. The third-order valence-electron chi connectivity index (χ3n) is 1.95. The quantitative estimate of drug-likeness (QED) is 0.752. The maximum atomic E-state index is 10.9. The minimum absolute atomic E-state index is 0.382. The average Bonchev–Trinajstić information content (AvgIpc) is 2.02. The highest BCUT2D eigenvalue weighted by atomic mass is 16.4. The van der Waals surface area contributed by atoms with Crippen LogP contribution in [0.3, 0.4) is 0 Å². The van der Waals surface area contributed by atoms with E-state index in [0.717, 1.165) is 11.3 Å². The summed E-state index contributed by atoms with van der Waals surface area (Å²) in [5.74, 6) is -0.873. The van der Waals surface area contributed by atoms with E-state index in [1.54, 1.807) is 24.0 Å². The van der Waals surface area contributed by atoms with Crippen LogP contribution < -0.4 is 4.90 Å². The second-order valence-electron chi connectivity index (χ2n) is 3.17. The van der Waals surface area contributed by atoms with Crippen molar-refractivity contribution in [2.75, 3.05) is 19.0 Å². The maximum Gasteiger partial charge on any atom is 0.338 e.